The van der Waals surface area contributed by atoms with Gasteiger partial charge in [-0.1, -0.05) is 30.7 Å². The number of nitrogens with zero attached hydrogens (tertiary/aromatic N) is 1. The molecule has 1 aliphatic carbocycles. The molecule has 4 heteroatoms. The number of hydrogen-bond acceptors (Lipinski definition) is 4. The summed E-state index contributed by atoms with van der Waals surface area (Å²) in [6.07, 6.45) is 5.86. The van der Waals surface area contributed by atoms with Gasteiger partial charge in [-0.15, -0.1) is 0 Å². The molecule has 2 aromatic rings. The van der Waals surface area contributed by atoms with E-state index < -0.39 is 0 Å². The standard InChI is InChI=1S/C26H33NO3/c1-18(2)30-25-17-23-21(16-24(25)29-3)15-22(26(23)28)20-9-7-19(8-10-20)11-14-27-12-5-4-6-13-27/h7-10,16-18,22H,4-6,11-15H2,1-3H3. The van der Waals surface area contributed by atoms with E-state index in [9.17, 15) is 4.79 Å². The van der Waals surface area contributed by atoms with Crippen molar-refractivity contribution in [3.05, 3.63) is 58.7 Å². The zero-order valence-electron chi connectivity index (χ0n) is 18.4. The summed E-state index contributed by atoms with van der Waals surface area (Å²) in [7, 11) is 1.64. The molecule has 2 aliphatic rings. The van der Waals surface area contributed by atoms with Gasteiger partial charge in [-0.05, 0) is 81.4 Å². The highest BCUT2D eigenvalue weighted by Gasteiger charge is 2.33. The third-order valence-corrected chi connectivity index (χ3v) is 6.31. The number of fused-ring (bicyclic) bond motifs is 1. The van der Waals surface area contributed by atoms with Crippen LogP contribution in [-0.2, 0) is 12.8 Å². The maximum atomic E-state index is 13.1. The Morgan fingerprint density at radius 1 is 1.03 bits per heavy atom. The fraction of sp³-hybridized carbons (Fsp3) is 0.500. The van der Waals surface area contributed by atoms with Gasteiger partial charge in [0.05, 0.1) is 19.1 Å². The lowest BCUT2D eigenvalue weighted by Gasteiger charge is -2.26. The summed E-state index contributed by atoms with van der Waals surface area (Å²) >= 11 is 0. The molecule has 1 unspecified atom stereocenters. The van der Waals surface area contributed by atoms with E-state index in [0.29, 0.717) is 11.5 Å². The Labute approximate surface area is 180 Å². The molecule has 4 rings (SSSR count). The lowest BCUT2D eigenvalue weighted by atomic mass is 9.94. The third kappa shape index (κ3) is 4.54. The lowest BCUT2D eigenvalue weighted by molar-refractivity contribution is 0.0972. The molecular formula is C26H33NO3. The van der Waals surface area contributed by atoms with Crippen molar-refractivity contribution >= 4 is 5.78 Å². The number of methoxy groups -OCH3 is 1. The van der Waals surface area contributed by atoms with Crippen molar-refractivity contribution in [1.82, 2.24) is 4.90 Å². The first kappa shape index (κ1) is 20.9. The van der Waals surface area contributed by atoms with Crippen LogP contribution in [0.1, 0.15) is 66.1 Å². The van der Waals surface area contributed by atoms with Gasteiger partial charge in [0, 0.05) is 12.1 Å². The van der Waals surface area contributed by atoms with E-state index in [-0.39, 0.29) is 17.8 Å². The Morgan fingerprint density at radius 3 is 2.43 bits per heavy atom. The largest absolute Gasteiger partial charge is 0.493 e. The van der Waals surface area contributed by atoms with Gasteiger partial charge in [0.15, 0.2) is 17.3 Å². The molecule has 0 saturated carbocycles. The molecule has 0 bridgehead atoms. The smallest absolute Gasteiger partial charge is 0.171 e. The van der Waals surface area contributed by atoms with Crippen LogP contribution in [0.25, 0.3) is 0 Å². The van der Waals surface area contributed by atoms with Gasteiger partial charge >= 0.3 is 0 Å². The van der Waals surface area contributed by atoms with Crippen molar-refractivity contribution in [2.45, 2.75) is 58.0 Å². The van der Waals surface area contributed by atoms with E-state index in [0.717, 1.165) is 36.1 Å². The molecule has 0 N–H and O–H groups in total. The Hall–Kier alpha value is -2.33. The minimum Gasteiger partial charge on any atom is -0.493 e. The predicted octanol–water partition coefficient (Wildman–Crippen LogP) is 5.03. The first-order valence-corrected chi connectivity index (χ1v) is 11.3. The molecule has 2 aromatic carbocycles. The Balaban J connectivity index is 1.45. The molecular weight excluding hydrogens is 374 g/mol. The van der Waals surface area contributed by atoms with Gasteiger partial charge in [-0.3, -0.25) is 4.79 Å². The number of benzene rings is 2. The average molecular weight is 408 g/mol. The van der Waals surface area contributed by atoms with Crippen LogP contribution in [0.5, 0.6) is 11.5 Å². The molecule has 1 heterocycles. The molecule has 0 radical (unpaired) electrons. The fourth-order valence-electron chi connectivity index (χ4n) is 4.66. The summed E-state index contributed by atoms with van der Waals surface area (Å²) < 4.78 is 11.4. The summed E-state index contributed by atoms with van der Waals surface area (Å²) in [5.41, 5.74) is 4.27. The molecule has 1 atom stereocenters. The van der Waals surface area contributed by atoms with E-state index in [1.807, 2.05) is 26.0 Å². The number of carbonyl (C=O) groups is 1. The van der Waals surface area contributed by atoms with Crippen LogP contribution < -0.4 is 9.47 Å². The summed E-state index contributed by atoms with van der Waals surface area (Å²) in [5.74, 6) is 1.41. The number of rotatable bonds is 7. The summed E-state index contributed by atoms with van der Waals surface area (Å²) in [6.45, 7) is 7.55. The highest BCUT2D eigenvalue weighted by Crippen LogP contribution is 2.40. The summed E-state index contributed by atoms with van der Waals surface area (Å²) in [5, 5.41) is 0. The molecule has 1 saturated heterocycles. The van der Waals surface area contributed by atoms with E-state index >= 15 is 0 Å². The Bertz CT molecular complexity index is 882. The van der Waals surface area contributed by atoms with Gasteiger partial charge in [-0.25, -0.2) is 0 Å². The van der Waals surface area contributed by atoms with Crippen molar-refractivity contribution in [3.63, 3.8) is 0 Å². The SMILES string of the molecule is COc1cc2c(cc1OC(C)C)C(=O)C(c1ccc(CCN3CCCCC3)cc1)C2. The van der Waals surface area contributed by atoms with Crippen LogP contribution in [0.4, 0.5) is 0 Å². The van der Waals surface area contributed by atoms with Crippen LogP contribution in [0, 0.1) is 0 Å². The van der Waals surface area contributed by atoms with Crippen LogP contribution in [0.2, 0.25) is 0 Å². The first-order valence-electron chi connectivity index (χ1n) is 11.3. The maximum absolute atomic E-state index is 13.1. The second-order valence-electron chi connectivity index (χ2n) is 8.84. The fourth-order valence-corrected chi connectivity index (χ4v) is 4.66. The van der Waals surface area contributed by atoms with Gasteiger partial charge in [0.2, 0.25) is 0 Å². The second kappa shape index (κ2) is 9.22. The summed E-state index contributed by atoms with van der Waals surface area (Å²) in [6, 6.07) is 12.5. The number of ketones is 1. The molecule has 160 valence electrons. The van der Waals surface area contributed by atoms with E-state index in [1.165, 1.54) is 37.9 Å². The number of piperidine rings is 1. The van der Waals surface area contributed by atoms with Crippen LogP contribution in [0.3, 0.4) is 0 Å². The van der Waals surface area contributed by atoms with Crippen LogP contribution in [-0.4, -0.2) is 43.5 Å². The first-order chi connectivity index (χ1) is 14.5. The van der Waals surface area contributed by atoms with Crippen molar-refractivity contribution < 1.29 is 14.3 Å². The number of carbonyl (C=O) groups excluding carboxylic acids is 1. The average Bonchev–Trinajstić information content (AvgIpc) is 3.08. The third-order valence-electron chi connectivity index (χ3n) is 6.31. The molecule has 1 fully saturated rings. The molecule has 0 amide bonds. The summed E-state index contributed by atoms with van der Waals surface area (Å²) in [4.78, 5) is 15.7. The second-order valence-corrected chi connectivity index (χ2v) is 8.84. The van der Waals surface area contributed by atoms with E-state index in [4.69, 9.17) is 9.47 Å². The van der Waals surface area contributed by atoms with Crippen molar-refractivity contribution in [2.75, 3.05) is 26.7 Å². The molecule has 4 nitrogen and oxygen atoms in total. The van der Waals surface area contributed by atoms with Crippen LogP contribution in [0.15, 0.2) is 36.4 Å². The molecule has 1 aliphatic heterocycles. The maximum Gasteiger partial charge on any atom is 0.171 e. The number of ether oxygens (including phenoxy) is 2. The zero-order valence-corrected chi connectivity index (χ0v) is 18.4. The molecule has 0 aromatic heterocycles. The number of hydrogen-bond donors (Lipinski definition) is 0. The quantitative estimate of drug-likeness (QED) is 0.645. The van der Waals surface area contributed by atoms with Crippen LogP contribution >= 0.6 is 0 Å². The minimum atomic E-state index is -0.116. The topological polar surface area (TPSA) is 38.8 Å². The predicted molar refractivity (Wildman–Crippen MR) is 120 cm³/mol. The number of likely N-dealkylation sites (tertiary alicyclic amines) is 1. The zero-order chi connectivity index (χ0) is 21.1. The Kier molecular flexibility index (Phi) is 6.43. The van der Waals surface area contributed by atoms with Crippen molar-refractivity contribution in [3.8, 4) is 11.5 Å². The highest BCUT2D eigenvalue weighted by atomic mass is 16.5. The normalized spacial score (nSPS) is 19.2. The molecule has 0 spiro atoms. The van der Waals surface area contributed by atoms with Gasteiger partial charge < -0.3 is 14.4 Å². The highest BCUT2D eigenvalue weighted by molar-refractivity contribution is 6.05. The van der Waals surface area contributed by atoms with Gasteiger partial charge in [0.25, 0.3) is 0 Å². The minimum absolute atomic E-state index is 0.0294. The number of Topliss-reactive ketones (excluding diaryl/α,β-unsaturated/α-hetero) is 1. The Morgan fingerprint density at radius 2 is 1.77 bits per heavy atom. The van der Waals surface area contributed by atoms with Gasteiger partial charge in [0.1, 0.15) is 0 Å². The molecule has 30 heavy (non-hydrogen) atoms. The van der Waals surface area contributed by atoms with E-state index in [2.05, 4.69) is 29.2 Å². The van der Waals surface area contributed by atoms with Crippen molar-refractivity contribution in [1.29, 1.82) is 0 Å². The van der Waals surface area contributed by atoms with E-state index in [1.54, 1.807) is 7.11 Å². The van der Waals surface area contributed by atoms with Crippen molar-refractivity contribution in [2.24, 2.45) is 0 Å². The van der Waals surface area contributed by atoms with Gasteiger partial charge in [-0.2, -0.15) is 0 Å². The monoisotopic (exact) mass is 407 g/mol. The lowest BCUT2D eigenvalue weighted by Crippen LogP contribution is -2.31.